The maximum Gasteiger partial charge on any atom is 0.490 e. The number of phosphoric acid groups is 3. The third-order valence-corrected chi connectivity index (χ3v) is 13.7. The summed E-state index contributed by atoms with van der Waals surface area (Å²) in [4.78, 5) is 86.9. The number of rotatable bonds is 19. The lowest BCUT2D eigenvalue weighted by molar-refractivity contribution is -0.0503. The fourth-order valence-electron chi connectivity index (χ4n) is 7.08. The van der Waals surface area contributed by atoms with E-state index < -0.39 is 66.5 Å². The first-order valence-corrected chi connectivity index (χ1v) is 23.8. The summed E-state index contributed by atoms with van der Waals surface area (Å²) in [7, 11) is -16.9. The molecule has 4 aromatic rings. The average molecular weight is 965 g/mol. The van der Waals surface area contributed by atoms with Gasteiger partial charge in [-0.25, -0.2) is 33.4 Å². The highest BCUT2D eigenvalue weighted by Gasteiger charge is 2.47. The molecule has 6 atom stereocenters. The molecule has 346 valence electrons. The van der Waals surface area contributed by atoms with E-state index in [9.17, 15) is 58.3 Å². The number of imidazole rings is 1. The van der Waals surface area contributed by atoms with Gasteiger partial charge in [-0.15, -0.1) is 0 Å². The minimum atomic E-state index is -5.79. The Labute approximate surface area is 365 Å². The normalized spacial score (nSPS) is 19.6. The van der Waals surface area contributed by atoms with E-state index in [2.05, 4.69) is 38.7 Å². The first-order chi connectivity index (χ1) is 30.7. The molecule has 65 heavy (non-hydrogen) atoms. The van der Waals surface area contributed by atoms with Crippen LogP contribution in [0.25, 0.3) is 44.6 Å². The second kappa shape index (κ2) is 19.2. The zero-order valence-corrected chi connectivity index (χ0v) is 36.0. The van der Waals surface area contributed by atoms with Crippen molar-refractivity contribution in [1.29, 1.82) is 0 Å². The number of ether oxygens (including phenoxy) is 1. The molecule has 2 unspecified atom stereocenters. The highest BCUT2D eigenvalue weighted by Crippen LogP contribution is 2.66. The molecule has 3 aliphatic rings. The molecule has 10 N–H and O–H groups in total. The van der Waals surface area contributed by atoms with Crippen LogP contribution in [0.15, 0.2) is 76.5 Å². The number of hydrogen-bond donors (Lipinski definition) is 10. The fourth-order valence-corrected chi connectivity index (χ4v) is 10.1. The highest BCUT2D eigenvalue weighted by atomic mass is 31.3. The van der Waals surface area contributed by atoms with Gasteiger partial charge in [0.05, 0.1) is 18.5 Å². The Bertz CT molecular complexity index is 2940. The molecule has 25 nitrogen and oxygen atoms in total. The number of nitrogens with zero attached hydrogens (tertiary/aromatic N) is 4. The number of carboxylic acids is 1. The van der Waals surface area contributed by atoms with Crippen LogP contribution in [0.5, 0.6) is 5.75 Å². The lowest BCUT2D eigenvalue weighted by Crippen LogP contribution is -2.33. The number of fused-ring (bicyclic) bond motifs is 3. The lowest BCUT2D eigenvalue weighted by Gasteiger charge is -2.19. The molecule has 2 aromatic heterocycles. The Hall–Kier alpha value is -5.49. The first-order valence-electron chi connectivity index (χ1n) is 19.3. The van der Waals surface area contributed by atoms with Crippen LogP contribution >= 0.6 is 23.5 Å². The number of carbonyl (C=O) groups excluding carboxylic acids is 1. The summed E-state index contributed by atoms with van der Waals surface area (Å²) in [6.07, 6.45) is -1.14. The zero-order chi connectivity index (χ0) is 46.8. The van der Waals surface area contributed by atoms with E-state index >= 15 is 0 Å². The van der Waals surface area contributed by atoms with Crippen molar-refractivity contribution < 1.29 is 85.6 Å². The Morgan fingerprint density at radius 3 is 2.31 bits per heavy atom. The standard InChI is InChI=1S/C37H39N6O19P3/c44-20-6-9-23-26(14-20)59-27-15-21(45)7-10-24(27)29(23)22-8-5-19(13-25(22)37(49)50)35(48)39-12-4-2-1-3-11-38-33-30-34(41-17-40-33)43(18-42-30)36-32(47)31(46)28(60-36)16-58-64(54,55)62-65(56,57)61-63(51,52)53/h5-10,13-15,17-18,28,31-32,36,44,46-47H,1-4,11-12,16H2,(H,39,48)(H,49,50)(H,54,55)(H,56,57)(H,38,40,41)(H2,51,52,53)/t28-,31-,32-,36-/m1/s1. The van der Waals surface area contributed by atoms with Crippen molar-refractivity contribution in [3.8, 4) is 28.2 Å². The molecule has 4 heterocycles. The Balaban J connectivity index is 0.894. The van der Waals surface area contributed by atoms with Crippen molar-refractivity contribution in [2.45, 2.75) is 50.2 Å². The number of aliphatic hydroxyl groups excluding tert-OH is 2. The number of aromatic nitrogens is 4. The summed E-state index contributed by atoms with van der Waals surface area (Å²) >= 11 is 0. The third-order valence-electron chi connectivity index (χ3n) is 9.93. The highest BCUT2D eigenvalue weighted by molar-refractivity contribution is 7.66. The summed E-state index contributed by atoms with van der Waals surface area (Å²) in [5, 5.41) is 48.0. The van der Waals surface area contributed by atoms with Gasteiger partial charge < -0.3 is 59.8 Å². The molecule has 0 saturated carbocycles. The van der Waals surface area contributed by atoms with Crippen molar-refractivity contribution in [3.63, 3.8) is 0 Å². The van der Waals surface area contributed by atoms with Gasteiger partial charge in [0.15, 0.2) is 28.6 Å². The number of benzene rings is 3. The van der Waals surface area contributed by atoms with Gasteiger partial charge in [-0.1, -0.05) is 18.9 Å². The number of anilines is 1. The molecule has 2 aromatic carbocycles. The van der Waals surface area contributed by atoms with E-state index in [1.807, 2.05) is 0 Å². The third kappa shape index (κ3) is 11.1. The van der Waals surface area contributed by atoms with E-state index in [1.54, 1.807) is 6.07 Å². The number of unbranched alkanes of at least 4 members (excludes halogenated alkanes) is 3. The van der Waals surface area contributed by atoms with Gasteiger partial charge in [-0.05, 0) is 54.8 Å². The van der Waals surface area contributed by atoms with Crippen LogP contribution in [0.1, 0.15) is 52.6 Å². The number of nitrogens with one attached hydrogen (secondary N) is 2. The second-order valence-corrected chi connectivity index (χ2v) is 18.9. The smallest absolute Gasteiger partial charge is 0.490 e. The average Bonchev–Trinajstić information content (AvgIpc) is 3.78. The zero-order valence-electron chi connectivity index (χ0n) is 33.3. The molecule has 0 radical (unpaired) electrons. The Morgan fingerprint density at radius 2 is 1.57 bits per heavy atom. The molecule has 0 bridgehead atoms. The molecule has 1 saturated heterocycles. The van der Waals surface area contributed by atoms with Crippen LogP contribution in [-0.4, -0.2) is 109 Å². The first kappa shape index (κ1) is 47.5. The molecule has 1 fully saturated rings. The van der Waals surface area contributed by atoms with Crippen molar-refractivity contribution in [2.24, 2.45) is 0 Å². The van der Waals surface area contributed by atoms with Crippen LogP contribution in [0.2, 0.25) is 0 Å². The van der Waals surface area contributed by atoms with Crippen LogP contribution in [-0.2, 0) is 31.6 Å². The van der Waals surface area contributed by atoms with E-state index in [1.165, 1.54) is 65.8 Å². The van der Waals surface area contributed by atoms with E-state index in [0.717, 1.165) is 12.8 Å². The summed E-state index contributed by atoms with van der Waals surface area (Å²) in [6.45, 7) is -0.261. The number of aliphatic hydroxyl groups is 2. The molecular formula is C37H39N6O19P3. The van der Waals surface area contributed by atoms with E-state index in [-0.39, 0.29) is 50.4 Å². The number of carboxylic acid groups (broad SMARTS) is 1. The molecule has 2 aliphatic heterocycles. The topological polar surface area (TPSA) is 382 Å². The minimum Gasteiger partial charge on any atom is -0.508 e. The van der Waals surface area contributed by atoms with E-state index in [0.29, 0.717) is 48.3 Å². The Kier molecular flexibility index (Phi) is 14.0. The predicted octanol–water partition coefficient (Wildman–Crippen LogP) is 3.47. The molecule has 28 heteroatoms. The Morgan fingerprint density at radius 1 is 0.831 bits per heavy atom. The van der Waals surface area contributed by atoms with Gasteiger partial charge in [0.1, 0.15) is 41.7 Å². The molecule has 7 rings (SSSR count). The van der Waals surface area contributed by atoms with Crippen molar-refractivity contribution in [2.75, 3.05) is 25.0 Å². The minimum absolute atomic E-state index is 0.0881. The SMILES string of the molecule is O=C(NCCCCCCNc1ncnc2c1ncn2[C@@H]1O[C@H](COP(=O)(O)OP(=O)(O)OP(=O)(O)O)[C@@H](O)[C@H]1O)c1ccc(-c2c3ccc(=O)cc-3oc3cc(O)ccc23)c(C(=O)O)c1. The van der Waals surface area contributed by atoms with Gasteiger partial charge in [-0.3, -0.25) is 18.7 Å². The summed E-state index contributed by atoms with van der Waals surface area (Å²) in [5.74, 6) is -1.33. The van der Waals surface area contributed by atoms with Crippen molar-refractivity contribution in [3.05, 3.63) is 88.6 Å². The number of carbonyl (C=O) groups is 2. The van der Waals surface area contributed by atoms with Gasteiger partial charge in [0, 0.05) is 47.3 Å². The largest absolute Gasteiger partial charge is 0.508 e. The van der Waals surface area contributed by atoms with Crippen molar-refractivity contribution >= 4 is 63.3 Å². The van der Waals surface area contributed by atoms with Crippen molar-refractivity contribution in [1.82, 2.24) is 24.8 Å². The van der Waals surface area contributed by atoms with Crippen LogP contribution < -0.4 is 16.1 Å². The molecule has 1 amide bonds. The molecule has 1 aliphatic carbocycles. The van der Waals surface area contributed by atoms with Gasteiger partial charge in [0.25, 0.3) is 5.91 Å². The summed E-state index contributed by atoms with van der Waals surface area (Å²) in [6, 6.07) is 12.8. The maximum absolute atomic E-state index is 13.1. The lowest BCUT2D eigenvalue weighted by atomic mass is 9.90. The van der Waals surface area contributed by atoms with Crippen LogP contribution in [0.4, 0.5) is 5.82 Å². The summed E-state index contributed by atoms with van der Waals surface area (Å²) < 4.78 is 59.2. The fraction of sp³-hybridized carbons (Fsp3) is 0.297. The summed E-state index contributed by atoms with van der Waals surface area (Å²) in [5.41, 5.74) is 1.49. The number of phenols is 1. The second-order valence-electron chi connectivity index (χ2n) is 14.5. The quantitative estimate of drug-likeness (QED) is 0.0315. The maximum atomic E-state index is 13.1. The molecule has 0 spiro atoms. The predicted molar refractivity (Wildman–Crippen MR) is 224 cm³/mol. The number of amides is 1. The number of phenolic OH excluding ortho intramolecular Hbond substituents is 1. The van der Waals surface area contributed by atoms with Crippen LogP contribution in [0, 0.1) is 0 Å². The van der Waals surface area contributed by atoms with E-state index in [4.69, 9.17) is 18.9 Å². The number of aromatic hydroxyl groups is 1. The van der Waals surface area contributed by atoms with Crippen LogP contribution in [0.3, 0.4) is 0 Å². The molecular weight excluding hydrogens is 925 g/mol. The number of hydrogen-bond acceptors (Lipinski definition) is 18. The van der Waals surface area contributed by atoms with Gasteiger partial charge in [0.2, 0.25) is 0 Å². The number of phosphoric ester groups is 1. The monoisotopic (exact) mass is 964 g/mol. The van der Waals surface area contributed by atoms with Gasteiger partial charge >= 0.3 is 29.4 Å². The number of aromatic carboxylic acids is 1. The van der Waals surface area contributed by atoms with Gasteiger partial charge in [-0.2, -0.15) is 8.62 Å².